The van der Waals surface area contributed by atoms with Crippen molar-refractivity contribution in [1.82, 2.24) is 0 Å². The zero-order chi connectivity index (χ0) is 14.9. The molecule has 0 saturated heterocycles. The van der Waals surface area contributed by atoms with E-state index in [1.807, 2.05) is 54.6 Å². The molecule has 21 heavy (non-hydrogen) atoms. The van der Waals surface area contributed by atoms with Crippen LogP contribution in [-0.4, -0.2) is 13.1 Å². The Labute approximate surface area is 124 Å². The molecule has 2 rings (SSSR count). The lowest BCUT2D eigenvalue weighted by atomic mass is 10.1. The van der Waals surface area contributed by atoms with E-state index in [2.05, 4.69) is 4.74 Å². The van der Waals surface area contributed by atoms with Crippen LogP contribution in [0.4, 0.5) is 0 Å². The van der Waals surface area contributed by atoms with Gasteiger partial charge in [0.1, 0.15) is 12.4 Å². The van der Waals surface area contributed by atoms with Gasteiger partial charge in [0.15, 0.2) is 0 Å². The maximum Gasteiger partial charge on any atom is 0.330 e. The second-order valence-corrected chi connectivity index (χ2v) is 4.51. The van der Waals surface area contributed by atoms with Crippen LogP contribution in [0.15, 0.2) is 66.7 Å². The van der Waals surface area contributed by atoms with Crippen LogP contribution in [0.1, 0.15) is 11.1 Å². The summed E-state index contributed by atoms with van der Waals surface area (Å²) in [4.78, 5) is 11.1. The van der Waals surface area contributed by atoms with Crippen LogP contribution in [0.3, 0.4) is 0 Å². The quantitative estimate of drug-likeness (QED) is 0.600. The molecular formula is C18H18O3. The molecule has 0 fully saturated rings. The highest BCUT2D eigenvalue weighted by Gasteiger charge is 2.02. The maximum absolute atomic E-state index is 11.1. The van der Waals surface area contributed by atoms with Crippen LogP contribution in [0.5, 0.6) is 5.75 Å². The third-order valence-electron chi connectivity index (χ3n) is 3.00. The van der Waals surface area contributed by atoms with Gasteiger partial charge in [-0.05, 0) is 23.6 Å². The Morgan fingerprint density at radius 2 is 1.76 bits per heavy atom. The van der Waals surface area contributed by atoms with Gasteiger partial charge in [-0.1, -0.05) is 54.6 Å². The van der Waals surface area contributed by atoms with Crippen molar-refractivity contribution in [3.8, 4) is 5.75 Å². The average Bonchev–Trinajstić information content (AvgIpc) is 2.54. The average molecular weight is 282 g/mol. The molecule has 2 aromatic rings. The van der Waals surface area contributed by atoms with E-state index in [0.29, 0.717) is 13.0 Å². The van der Waals surface area contributed by atoms with Gasteiger partial charge in [-0.25, -0.2) is 4.79 Å². The van der Waals surface area contributed by atoms with Crippen LogP contribution >= 0.6 is 0 Å². The molecule has 0 atom stereocenters. The molecule has 3 heteroatoms. The monoisotopic (exact) mass is 282 g/mol. The van der Waals surface area contributed by atoms with E-state index in [9.17, 15) is 4.79 Å². The number of allylic oxidation sites excluding steroid dienone is 1. The van der Waals surface area contributed by atoms with Gasteiger partial charge in [-0.2, -0.15) is 0 Å². The van der Waals surface area contributed by atoms with E-state index in [4.69, 9.17) is 4.74 Å². The Morgan fingerprint density at radius 1 is 1.05 bits per heavy atom. The van der Waals surface area contributed by atoms with Crippen molar-refractivity contribution in [2.24, 2.45) is 0 Å². The van der Waals surface area contributed by atoms with Crippen LogP contribution in [-0.2, 0) is 22.6 Å². The summed E-state index contributed by atoms with van der Waals surface area (Å²) in [5, 5.41) is 0. The lowest BCUT2D eigenvalue weighted by Crippen LogP contribution is -1.98. The molecule has 0 amide bonds. The molecule has 0 spiro atoms. The number of ether oxygens (including phenoxy) is 2. The number of hydrogen-bond donors (Lipinski definition) is 0. The first-order chi connectivity index (χ1) is 10.3. The molecule has 2 aromatic carbocycles. The van der Waals surface area contributed by atoms with Crippen LogP contribution in [0.2, 0.25) is 0 Å². The predicted molar refractivity (Wildman–Crippen MR) is 82.1 cm³/mol. The molecule has 0 heterocycles. The van der Waals surface area contributed by atoms with Gasteiger partial charge in [0, 0.05) is 6.08 Å². The standard InChI is InChI=1S/C18H18O3/c1-20-18(19)13-7-11-16-10-5-6-12-17(16)21-14-15-8-3-2-4-9-15/h2-10,12-13H,11,14H2,1H3/b13-7+. The zero-order valence-electron chi connectivity index (χ0n) is 12.0. The van der Waals surface area contributed by atoms with Gasteiger partial charge < -0.3 is 9.47 Å². The summed E-state index contributed by atoms with van der Waals surface area (Å²) in [5.74, 6) is 0.480. The Kier molecular flexibility index (Phi) is 5.59. The SMILES string of the molecule is COC(=O)/C=C/Cc1ccccc1OCc1ccccc1. The van der Waals surface area contributed by atoms with Crippen LogP contribution < -0.4 is 4.74 Å². The minimum Gasteiger partial charge on any atom is -0.489 e. The molecule has 0 aromatic heterocycles. The van der Waals surface area contributed by atoms with E-state index >= 15 is 0 Å². The van der Waals surface area contributed by atoms with Crippen molar-refractivity contribution in [3.63, 3.8) is 0 Å². The summed E-state index contributed by atoms with van der Waals surface area (Å²) >= 11 is 0. The van der Waals surface area contributed by atoms with Gasteiger partial charge in [-0.3, -0.25) is 0 Å². The zero-order valence-corrected chi connectivity index (χ0v) is 12.0. The fraction of sp³-hybridized carbons (Fsp3) is 0.167. The highest BCUT2D eigenvalue weighted by Crippen LogP contribution is 2.20. The Morgan fingerprint density at radius 3 is 2.52 bits per heavy atom. The van der Waals surface area contributed by atoms with Crippen LogP contribution in [0, 0.1) is 0 Å². The van der Waals surface area contributed by atoms with E-state index in [1.54, 1.807) is 6.08 Å². The highest BCUT2D eigenvalue weighted by atomic mass is 16.5. The number of para-hydroxylation sites is 1. The summed E-state index contributed by atoms with van der Waals surface area (Å²) < 4.78 is 10.4. The summed E-state index contributed by atoms with van der Waals surface area (Å²) in [6.07, 6.45) is 3.82. The number of hydrogen-bond acceptors (Lipinski definition) is 3. The lowest BCUT2D eigenvalue weighted by molar-refractivity contribution is -0.134. The molecule has 0 aliphatic rings. The van der Waals surface area contributed by atoms with Crippen molar-refractivity contribution in [3.05, 3.63) is 77.9 Å². The van der Waals surface area contributed by atoms with Gasteiger partial charge >= 0.3 is 5.97 Å². The Bertz CT molecular complexity index is 603. The minimum absolute atomic E-state index is 0.349. The first kappa shape index (κ1) is 14.9. The molecular weight excluding hydrogens is 264 g/mol. The number of carbonyl (C=O) groups excluding carboxylic acids is 1. The van der Waals surface area contributed by atoms with Crippen molar-refractivity contribution in [2.75, 3.05) is 7.11 Å². The second kappa shape index (κ2) is 7.90. The van der Waals surface area contributed by atoms with Gasteiger partial charge in [-0.15, -0.1) is 0 Å². The third kappa shape index (κ3) is 4.80. The molecule has 0 radical (unpaired) electrons. The van der Waals surface area contributed by atoms with Crippen molar-refractivity contribution < 1.29 is 14.3 Å². The van der Waals surface area contributed by atoms with Gasteiger partial charge in [0.05, 0.1) is 7.11 Å². The number of methoxy groups -OCH3 is 1. The highest BCUT2D eigenvalue weighted by molar-refractivity contribution is 5.81. The normalized spacial score (nSPS) is 10.5. The summed E-state index contributed by atoms with van der Waals surface area (Å²) in [5.41, 5.74) is 2.16. The Balaban J connectivity index is 2.00. The van der Waals surface area contributed by atoms with E-state index in [0.717, 1.165) is 16.9 Å². The van der Waals surface area contributed by atoms with Crippen molar-refractivity contribution in [2.45, 2.75) is 13.0 Å². The molecule has 0 unspecified atom stereocenters. The molecule has 108 valence electrons. The molecule has 0 saturated carbocycles. The molecule has 0 aliphatic carbocycles. The smallest absolute Gasteiger partial charge is 0.330 e. The first-order valence-electron chi connectivity index (χ1n) is 6.78. The fourth-order valence-corrected chi connectivity index (χ4v) is 1.90. The molecule has 0 N–H and O–H groups in total. The summed E-state index contributed by atoms with van der Waals surface area (Å²) in [7, 11) is 1.36. The van der Waals surface area contributed by atoms with Crippen molar-refractivity contribution in [1.29, 1.82) is 0 Å². The largest absolute Gasteiger partial charge is 0.489 e. The first-order valence-corrected chi connectivity index (χ1v) is 6.78. The topological polar surface area (TPSA) is 35.5 Å². The van der Waals surface area contributed by atoms with E-state index in [-0.39, 0.29) is 5.97 Å². The summed E-state index contributed by atoms with van der Waals surface area (Å²) in [6.45, 7) is 0.526. The van der Waals surface area contributed by atoms with Gasteiger partial charge in [0.25, 0.3) is 0 Å². The fourth-order valence-electron chi connectivity index (χ4n) is 1.90. The second-order valence-electron chi connectivity index (χ2n) is 4.51. The number of rotatable bonds is 6. The predicted octanol–water partition coefficient (Wildman–Crippen LogP) is 3.54. The molecule has 3 nitrogen and oxygen atoms in total. The minimum atomic E-state index is -0.349. The summed E-state index contributed by atoms with van der Waals surface area (Å²) in [6, 6.07) is 17.8. The van der Waals surface area contributed by atoms with Gasteiger partial charge in [0.2, 0.25) is 0 Å². The lowest BCUT2D eigenvalue weighted by Gasteiger charge is -2.10. The Hall–Kier alpha value is -2.55. The third-order valence-corrected chi connectivity index (χ3v) is 3.00. The number of esters is 1. The molecule has 0 bridgehead atoms. The number of benzene rings is 2. The van der Waals surface area contributed by atoms with E-state index in [1.165, 1.54) is 13.2 Å². The van der Waals surface area contributed by atoms with Crippen LogP contribution in [0.25, 0.3) is 0 Å². The van der Waals surface area contributed by atoms with Crippen molar-refractivity contribution >= 4 is 5.97 Å². The number of carbonyl (C=O) groups is 1. The van der Waals surface area contributed by atoms with E-state index < -0.39 is 0 Å². The maximum atomic E-state index is 11.1. The molecule has 0 aliphatic heterocycles.